The van der Waals surface area contributed by atoms with Crippen LogP contribution in [0.15, 0.2) is 30.9 Å². The summed E-state index contributed by atoms with van der Waals surface area (Å²) in [6, 6.07) is 5.60. The van der Waals surface area contributed by atoms with Gasteiger partial charge in [-0.15, -0.1) is 4.68 Å². The van der Waals surface area contributed by atoms with Crippen molar-refractivity contribution in [1.29, 1.82) is 0 Å². The summed E-state index contributed by atoms with van der Waals surface area (Å²) in [6.07, 6.45) is 17.6. The fourth-order valence-corrected chi connectivity index (χ4v) is 3.64. The molecule has 3 nitrogen and oxygen atoms in total. The Kier molecular flexibility index (Phi) is 10.1. The highest BCUT2D eigenvalue weighted by molar-refractivity contribution is 6.35. The topological polar surface area (TPSA) is 21.7 Å². The van der Waals surface area contributed by atoms with Crippen LogP contribution in [0.25, 0.3) is 0 Å². The summed E-state index contributed by atoms with van der Waals surface area (Å²) < 4.78 is 4.08. The van der Waals surface area contributed by atoms with E-state index in [0.717, 1.165) is 12.1 Å². The third-order valence-corrected chi connectivity index (χ3v) is 5.33. The van der Waals surface area contributed by atoms with Crippen LogP contribution >= 0.6 is 23.2 Å². The quantitative estimate of drug-likeness (QED) is 0.281. The second-order valence-corrected chi connectivity index (χ2v) is 7.94. The molecule has 0 unspecified atom stereocenters. The minimum absolute atomic E-state index is 0.662. The van der Waals surface area contributed by atoms with Gasteiger partial charge in [0.1, 0.15) is 6.54 Å². The second-order valence-electron chi connectivity index (χ2n) is 7.10. The lowest BCUT2D eigenvalue weighted by Gasteiger charge is -2.02. The zero-order valence-electron chi connectivity index (χ0n) is 16.0. The summed E-state index contributed by atoms with van der Waals surface area (Å²) >= 11 is 12.2. The van der Waals surface area contributed by atoms with Crippen molar-refractivity contribution in [3.05, 3.63) is 46.5 Å². The number of unbranched alkanes of at least 4 members (excludes halogenated alkanes) is 9. The molecule has 2 aromatic rings. The van der Waals surface area contributed by atoms with Crippen molar-refractivity contribution < 1.29 is 4.57 Å². The second kappa shape index (κ2) is 12.3. The average molecular weight is 397 g/mol. The Morgan fingerprint density at radius 2 is 1.58 bits per heavy atom. The van der Waals surface area contributed by atoms with Gasteiger partial charge in [-0.05, 0) is 18.6 Å². The number of rotatable bonds is 13. The van der Waals surface area contributed by atoms with Gasteiger partial charge < -0.3 is 0 Å². The molecule has 144 valence electrons. The van der Waals surface area contributed by atoms with E-state index in [1.165, 1.54) is 64.2 Å². The van der Waals surface area contributed by atoms with Crippen LogP contribution < -0.4 is 4.57 Å². The molecule has 0 N–H and O–H groups in total. The van der Waals surface area contributed by atoms with E-state index in [-0.39, 0.29) is 0 Å². The molecule has 2 rings (SSSR count). The van der Waals surface area contributed by atoms with Crippen molar-refractivity contribution in [2.75, 3.05) is 0 Å². The Morgan fingerprint density at radius 3 is 2.23 bits per heavy atom. The van der Waals surface area contributed by atoms with Crippen LogP contribution in [0.5, 0.6) is 0 Å². The first-order valence-electron chi connectivity index (χ1n) is 10.0. The van der Waals surface area contributed by atoms with Gasteiger partial charge in [-0.1, -0.05) is 94.0 Å². The lowest BCUT2D eigenvalue weighted by atomic mass is 10.1. The van der Waals surface area contributed by atoms with E-state index >= 15 is 0 Å². The third kappa shape index (κ3) is 8.09. The van der Waals surface area contributed by atoms with Gasteiger partial charge in [0.2, 0.25) is 6.33 Å². The molecular formula is C21H32Cl2N3+. The molecule has 0 fully saturated rings. The van der Waals surface area contributed by atoms with E-state index in [0.29, 0.717) is 16.6 Å². The summed E-state index contributed by atoms with van der Waals surface area (Å²) in [5.74, 6) is 0. The summed E-state index contributed by atoms with van der Waals surface area (Å²) in [5, 5.41) is 5.78. The molecule has 0 saturated heterocycles. The minimum atomic E-state index is 0.662. The molecule has 0 aliphatic heterocycles. The van der Waals surface area contributed by atoms with E-state index in [9.17, 15) is 0 Å². The minimum Gasteiger partial charge on any atom is -0.237 e. The van der Waals surface area contributed by atoms with Crippen LogP contribution in [-0.4, -0.2) is 9.78 Å². The van der Waals surface area contributed by atoms with Gasteiger partial charge in [-0.25, -0.2) is 4.57 Å². The molecule has 5 heteroatoms. The molecule has 0 bridgehead atoms. The highest BCUT2D eigenvalue weighted by Gasteiger charge is 2.09. The molecule has 0 aliphatic rings. The lowest BCUT2D eigenvalue weighted by Crippen LogP contribution is -2.31. The Balaban J connectivity index is 1.58. The Hall–Kier alpha value is -1.06. The van der Waals surface area contributed by atoms with Crippen molar-refractivity contribution in [3.63, 3.8) is 0 Å². The van der Waals surface area contributed by atoms with Gasteiger partial charge in [0.05, 0.1) is 6.54 Å². The fraction of sp³-hybridized carbons (Fsp3) is 0.619. The van der Waals surface area contributed by atoms with Gasteiger partial charge in [-0.2, -0.15) is 0 Å². The Bertz CT molecular complexity index is 640. The smallest absolute Gasteiger partial charge is 0.237 e. The normalized spacial score (nSPS) is 11.2. The zero-order valence-corrected chi connectivity index (χ0v) is 17.5. The largest absolute Gasteiger partial charge is 0.265 e. The lowest BCUT2D eigenvalue weighted by molar-refractivity contribution is -0.698. The number of hydrogen-bond acceptors (Lipinski definition) is 1. The van der Waals surface area contributed by atoms with Crippen LogP contribution in [-0.2, 0) is 13.1 Å². The SMILES string of the molecule is CCCCCCCCCCCC[n+]1cnn(Cc2ccc(Cl)cc2Cl)c1. The number of hydrogen-bond donors (Lipinski definition) is 0. The summed E-state index contributed by atoms with van der Waals surface area (Å²) in [5.41, 5.74) is 1.03. The number of aryl methyl sites for hydroxylation is 1. The molecule has 26 heavy (non-hydrogen) atoms. The molecule has 1 heterocycles. The van der Waals surface area contributed by atoms with E-state index < -0.39 is 0 Å². The van der Waals surface area contributed by atoms with Gasteiger partial charge in [0.25, 0.3) is 6.33 Å². The van der Waals surface area contributed by atoms with Crippen LogP contribution in [0.3, 0.4) is 0 Å². The van der Waals surface area contributed by atoms with Crippen molar-refractivity contribution in [3.8, 4) is 0 Å². The maximum absolute atomic E-state index is 6.23. The first-order valence-corrected chi connectivity index (χ1v) is 10.8. The van der Waals surface area contributed by atoms with Crippen LogP contribution in [0.4, 0.5) is 0 Å². The number of benzene rings is 1. The molecular weight excluding hydrogens is 365 g/mol. The predicted octanol–water partition coefficient (Wildman–Crippen LogP) is 6.45. The Labute approximate surface area is 168 Å². The molecule has 0 aliphatic carbocycles. The van der Waals surface area contributed by atoms with Crippen LogP contribution in [0, 0.1) is 0 Å². The first-order chi connectivity index (χ1) is 12.7. The fourth-order valence-electron chi connectivity index (χ4n) is 3.17. The Morgan fingerprint density at radius 1 is 0.923 bits per heavy atom. The number of halogens is 2. The van der Waals surface area contributed by atoms with Crippen molar-refractivity contribution >= 4 is 23.2 Å². The average Bonchev–Trinajstić information content (AvgIpc) is 3.06. The highest BCUT2D eigenvalue weighted by atomic mass is 35.5. The standard InChI is InChI=1S/C21H32Cl2N3/c1-2-3-4-5-6-7-8-9-10-11-14-25-17-24-26(18-25)16-19-12-13-20(22)15-21(19)23/h12-13,15,17-18H,2-11,14,16H2,1H3/q+1. The van der Waals surface area contributed by atoms with Crippen molar-refractivity contribution in [1.82, 2.24) is 9.78 Å². The number of aromatic nitrogens is 3. The molecule has 0 amide bonds. The monoisotopic (exact) mass is 396 g/mol. The van der Waals surface area contributed by atoms with Gasteiger partial charge in [0, 0.05) is 20.7 Å². The molecule has 0 spiro atoms. The van der Waals surface area contributed by atoms with E-state index in [1.54, 1.807) is 6.07 Å². The van der Waals surface area contributed by atoms with E-state index in [2.05, 4.69) is 22.9 Å². The number of nitrogens with zero attached hydrogens (tertiary/aromatic N) is 3. The zero-order chi connectivity index (χ0) is 18.6. The summed E-state index contributed by atoms with van der Waals surface area (Å²) in [4.78, 5) is 0. The maximum Gasteiger partial charge on any atom is 0.265 e. The third-order valence-electron chi connectivity index (χ3n) is 4.75. The molecule has 1 aromatic carbocycles. The molecule has 0 atom stereocenters. The maximum atomic E-state index is 6.23. The predicted molar refractivity (Wildman–Crippen MR) is 110 cm³/mol. The van der Waals surface area contributed by atoms with E-state index in [1.807, 2.05) is 23.1 Å². The van der Waals surface area contributed by atoms with Crippen molar-refractivity contribution in [2.45, 2.75) is 84.2 Å². The first kappa shape index (κ1) is 21.2. The van der Waals surface area contributed by atoms with E-state index in [4.69, 9.17) is 23.2 Å². The summed E-state index contributed by atoms with van der Waals surface area (Å²) in [6.45, 7) is 3.97. The van der Waals surface area contributed by atoms with Crippen molar-refractivity contribution in [2.24, 2.45) is 0 Å². The molecule has 0 radical (unpaired) electrons. The van der Waals surface area contributed by atoms with Gasteiger partial charge >= 0.3 is 0 Å². The molecule has 0 saturated carbocycles. The van der Waals surface area contributed by atoms with Gasteiger partial charge in [0.15, 0.2) is 0 Å². The van der Waals surface area contributed by atoms with Crippen LogP contribution in [0.1, 0.15) is 76.7 Å². The molecule has 1 aromatic heterocycles. The summed E-state index contributed by atoms with van der Waals surface area (Å²) in [7, 11) is 0. The van der Waals surface area contributed by atoms with Gasteiger partial charge in [-0.3, -0.25) is 0 Å². The highest BCUT2D eigenvalue weighted by Crippen LogP contribution is 2.21. The van der Waals surface area contributed by atoms with Crippen LogP contribution in [0.2, 0.25) is 10.0 Å².